The van der Waals surface area contributed by atoms with Crippen molar-refractivity contribution in [1.82, 2.24) is 20.1 Å². The third-order valence-electron chi connectivity index (χ3n) is 4.52. The molecule has 0 aromatic carbocycles. The third kappa shape index (κ3) is 3.70. The Morgan fingerprint density at radius 1 is 1.48 bits per heavy atom. The van der Waals surface area contributed by atoms with E-state index in [-0.39, 0.29) is 22.9 Å². The molecule has 2 rings (SSSR count). The number of carbonyl (C=O) groups is 1. The number of nitrogens with zero attached hydrogens (tertiary/aromatic N) is 2. The highest BCUT2D eigenvalue weighted by Crippen LogP contribution is 2.30. The predicted octanol–water partition coefficient (Wildman–Crippen LogP) is 1.53. The minimum absolute atomic E-state index is 0.0152. The van der Waals surface area contributed by atoms with Gasteiger partial charge in [-0.25, -0.2) is 9.89 Å². The minimum atomic E-state index is -0.275. The van der Waals surface area contributed by atoms with Gasteiger partial charge in [0.1, 0.15) is 0 Å². The molecule has 1 aliphatic carbocycles. The highest BCUT2D eigenvalue weighted by molar-refractivity contribution is 8.00. The first-order chi connectivity index (χ1) is 9.90. The van der Waals surface area contributed by atoms with Crippen molar-refractivity contribution in [3.05, 3.63) is 10.5 Å². The number of aromatic nitrogens is 3. The molecule has 118 valence electrons. The van der Waals surface area contributed by atoms with Crippen LogP contribution in [-0.4, -0.2) is 32.0 Å². The summed E-state index contributed by atoms with van der Waals surface area (Å²) in [4.78, 5) is 23.6. The second-order valence-corrected chi connectivity index (χ2v) is 7.32. The number of hydrogen-bond donors (Lipinski definition) is 2. The van der Waals surface area contributed by atoms with Crippen molar-refractivity contribution in [3.63, 3.8) is 0 Å². The molecule has 1 amide bonds. The number of amides is 1. The van der Waals surface area contributed by atoms with Crippen LogP contribution < -0.4 is 11.0 Å². The lowest BCUT2D eigenvalue weighted by atomic mass is 9.78. The Balaban J connectivity index is 1.93. The normalized spacial score (nSPS) is 27.3. The smallest absolute Gasteiger partial charge is 0.343 e. The SMILES string of the molecule is C[C@H]1[C@@H](C)CCC[C@H]1NC(=O)[C@H](C)Sc1n[nH]c(=O)n1C. The van der Waals surface area contributed by atoms with Gasteiger partial charge < -0.3 is 5.32 Å². The van der Waals surface area contributed by atoms with Gasteiger partial charge >= 0.3 is 5.69 Å². The minimum Gasteiger partial charge on any atom is -0.352 e. The first kappa shape index (κ1) is 16.1. The lowest BCUT2D eigenvalue weighted by Crippen LogP contribution is -2.46. The zero-order valence-electron chi connectivity index (χ0n) is 13.0. The largest absolute Gasteiger partial charge is 0.352 e. The molecular weight excluding hydrogens is 288 g/mol. The van der Waals surface area contributed by atoms with Crippen molar-refractivity contribution in [1.29, 1.82) is 0 Å². The summed E-state index contributed by atoms with van der Waals surface area (Å²) in [5.41, 5.74) is -0.264. The van der Waals surface area contributed by atoms with Gasteiger partial charge in [-0.15, -0.1) is 5.10 Å². The fourth-order valence-electron chi connectivity index (χ4n) is 2.74. The van der Waals surface area contributed by atoms with Gasteiger partial charge in [0.25, 0.3) is 0 Å². The van der Waals surface area contributed by atoms with E-state index in [0.717, 1.165) is 6.42 Å². The van der Waals surface area contributed by atoms with Crippen LogP contribution in [0.15, 0.2) is 9.95 Å². The maximum Gasteiger partial charge on any atom is 0.343 e. The maximum atomic E-state index is 12.3. The van der Waals surface area contributed by atoms with Gasteiger partial charge in [0.05, 0.1) is 5.25 Å². The number of thioether (sulfide) groups is 1. The van der Waals surface area contributed by atoms with Crippen LogP contribution in [0.4, 0.5) is 0 Å². The molecule has 1 aromatic heterocycles. The van der Waals surface area contributed by atoms with Crippen LogP contribution in [0.3, 0.4) is 0 Å². The van der Waals surface area contributed by atoms with Crippen LogP contribution in [0.5, 0.6) is 0 Å². The Hall–Kier alpha value is -1.24. The molecule has 1 aliphatic rings. The van der Waals surface area contributed by atoms with Gasteiger partial charge in [0, 0.05) is 13.1 Å². The first-order valence-corrected chi connectivity index (χ1v) is 8.36. The summed E-state index contributed by atoms with van der Waals surface area (Å²) < 4.78 is 1.42. The van der Waals surface area contributed by atoms with E-state index in [1.807, 2.05) is 6.92 Å². The quantitative estimate of drug-likeness (QED) is 0.826. The molecule has 1 saturated carbocycles. The monoisotopic (exact) mass is 312 g/mol. The molecule has 2 N–H and O–H groups in total. The number of aromatic amines is 1. The average Bonchev–Trinajstić information content (AvgIpc) is 2.75. The standard InChI is InChI=1S/C14H24N4O2S/c1-8-6-5-7-11(9(8)2)15-12(19)10(3)21-14-17-16-13(20)18(14)4/h8-11H,5-7H2,1-4H3,(H,15,19)(H,16,20)/t8-,9-,10-,11+/m0/s1. The molecule has 0 saturated heterocycles. The molecule has 1 aromatic rings. The summed E-state index contributed by atoms with van der Waals surface area (Å²) in [5, 5.41) is 9.72. The predicted molar refractivity (Wildman–Crippen MR) is 83.3 cm³/mol. The van der Waals surface area contributed by atoms with Crippen LogP contribution in [0.2, 0.25) is 0 Å². The molecule has 0 aliphatic heterocycles. The third-order valence-corrected chi connectivity index (χ3v) is 5.67. The summed E-state index contributed by atoms with van der Waals surface area (Å²) in [7, 11) is 1.64. The molecule has 1 heterocycles. The van der Waals surface area contributed by atoms with Crippen LogP contribution in [-0.2, 0) is 11.8 Å². The molecule has 6 nitrogen and oxygen atoms in total. The second kappa shape index (κ2) is 6.68. The Labute approximate surface area is 129 Å². The Morgan fingerprint density at radius 2 is 2.19 bits per heavy atom. The maximum absolute atomic E-state index is 12.3. The van der Waals surface area contributed by atoms with Gasteiger partial charge in [-0.3, -0.25) is 9.36 Å². The van der Waals surface area contributed by atoms with Crippen molar-refractivity contribution in [2.45, 2.75) is 56.5 Å². The van der Waals surface area contributed by atoms with Crippen molar-refractivity contribution >= 4 is 17.7 Å². The van der Waals surface area contributed by atoms with Gasteiger partial charge in [0.15, 0.2) is 5.16 Å². The van der Waals surface area contributed by atoms with E-state index in [1.165, 1.54) is 29.2 Å². The van der Waals surface area contributed by atoms with E-state index in [2.05, 4.69) is 29.4 Å². The highest BCUT2D eigenvalue weighted by Gasteiger charge is 2.29. The fraction of sp³-hybridized carbons (Fsp3) is 0.786. The average molecular weight is 312 g/mol. The lowest BCUT2D eigenvalue weighted by Gasteiger charge is -2.35. The Bertz CT molecular complexity index is 553. The molecule has 1 fully saturated rings. The van der Waals surface area contributed by atoms with Crippen LogP contribution >= 0.6 is 11.8 Å². The summed E-state index contributed by atoms with van der Waals surface area (Å²) in [6, 6.07) is 0.257. The Kier molecular flexibility index (Phi) is 5.13. The number of carbonyl (C=O) groups excluding carboxylic acids is 1. The van der Waals surface area contributed by atoms with Crippen LogP contribution in [0.1, 0.15) is 40.0 Å². The summed E-state index contributed by atoms with van der Waals surface area (Å²) >= 11 is 1.30. The van der Waals surface area contributed by atoms with E-state index in [0.29, 0.717) is 17.0 Å². The first-order valence-electron chi connectivity index (χ1n) is 7.48. The molecule has 0 radical (unpaired) electrons. The van der Waals surface area contributed by atoms with E-state index in [9.17, 15) is 9.59 Å². The Morgan fingerprint density at radius 3 is 2.81 bits per heavy atom. The molecule has 0 spiro atoms. The van der Waals surface area contributed by atoms with Crippen LogP contribution in [0.25, 0.3) is 0 Å². The summed E-state index contributed by atoms with van der Waals surface area (Å²) in [6.45, 7) is 6.31. The van der Waals surface area contributed by atoms with Gasteiger partial charge in [0.2, 0.25) is 5.91 Å². The molecule has 0 bridgehead atoms. The molecule has 0 unspecified atom stereocenters. The zero-order valence-corrected chi connectivity index (χ0v) is 13.9. The van der Waals surface area contributed by atoms with Gasteiger partial charge in [-0.1, -0.05) is 38.5 Å². The van der Waals surface area contributed by atoms with E-state index < -0.39 is 0 Å². The molecule has 21 heavy (non-hydrogen) atoms. The van der Waals surface area contributed by atoms with Crippen molar-refractivity contribution in [3.8, 4) is 0 Å². The molecule has 7 heteroatoms. The van der Waals surface area contributed by atoms with Gasteiger partial charge in [-0.05, 0) is 25.2 Å². The van der Waals surface area contributed by atoms with Crippen LogP contribution in [0, 0.1) is 11.8 Å². The number of H-pyrrole nitrogens is 1. The van der Waals surface area contributed by atoms with Crippen molar-refractivity contribution < 1.29 is 4.79 Å². The summed E-state index contributed by atoms with van der Waals surface area (Å²) in [5.74, 6) is 1.18. The van der Waals surface area contributed by atoms with Crippen molar-refractivity contribution in [2.75, 3.05) is 0 Å². The molecule has 4 atom stereocenters. The lowest BCUT2D eigenvalue weighted by molar-refractivity contribution is -0.121. The number of nitrogens with one attached hydrogen (secondary N) is 2. The van der Waals surface area contributed by atoms with Crippen molar-refractivity contribution in [2.24, 2.45) is 18.9 Å². The van der Waals surface area contributed by atoms with E-state index in [1.54, 1.807) is 7.05 Å². The summed E-state index contributed by atoms with van der Waals surface area (Å²) in [6.07, 6.45) is 3.47. The molecular formula is C14H24N4O2S. The fourth-order valence-corrected chi connectivity index (χ4v) is 3.57. The van der Waals surface area contributed by atoms with Gasteiger partial charge in [-0.2, -0.15) is 0 Å². The zero-order chi connectivity index (χ0) is 15.6. The van der Waals surface area contributed by atoms with E-state index in [4.69, 9.17) is 0 Å². The topological polar surface area (TPSA) is 79.8 Å². The van der Waals surface area contributed by atoms with E-state index >= 15 is 0 Å². The highest BCUT2D eigenvalue weighted by atomic mass is 32.2. The second-order valence-electron chi connectivity index (χ2n) is 6.01. The number of rotatable bonds is 4. The number of hydrogen-bond acceptors (Lipinski definition) is 4.